The van der Waals surface area contributed by atoms with E-state index in [4.69, 9.17) is 0 Å². The van der Waals surface area contributed by atoms with Crippen LogP contribution in [0.5, 0.6) is 0 Å². The summed E-state index contributed by atoms with van der Waals surface area (Å²) in [7, 11) is 0. The maximum atomic E-state index is 2.38. The van der Waals surface area contributed by atoms with Crippen LogP contribution in [0.4, 0.5) is 0 Å². The van der Waals surface area contributed by atoms with Crippen LogP contribution in [0.2, 0.25) is 0 Å². The number of benzene rings is 7. The van der Waals surface area contributed by atoms with Crippen LogP contribution in [-0.2, 0) is 0 Å². The fourth-order valence-corrected chi connectivity index (χ4v) is 7.38. The maximum Gasteiger partial charge on any atom is -0.00201 e. The second-order valence-corrected chi connectivity index (χ2v) is 11.5. The molecule has 0 spiro atoms. The lowest BCUT2D eigenvalue weighted by Gasteiger charge is -2.19. The van der Waals surface area contributed by atoms with Gasteiger partial charge >= 0.3 is 0 Å². The highest BCUT2D eigenvalue weighted by atomic mass is 14.3. The first-order chi connectivity index (χ1) is 21.4. The summed E-state index contributed by atoms with van der Waals surface area (Å²) >= 11 is 0. The largest absolute Gasteiger partial charge is 0.0807 e. The van der Waals surface area contributed by atoms with Gasteiger partial charge in [-0.15, -0.1) is 0 Å². The van der Waals surface area contributed by atoms with E-state index < -0.39 is 0 Å². The first kappa shape index (κ1) is 26.2. The molecule has 0 heteroatoms. The van der Waals surface area contributed by atoms with Gasteiger partial charge in [-0.05, 0) is 94.4 Å². The zero-order chi connectivity index (χ0) is 28.3. The third-order valence-corrected chi connectivity index (χ3v) is 9.25. The third-order valence-electron chi connectivity index (χ3n) is 9.25. The average molecular weight is 561 g/mol. The predicted molar refractivity (Wildman–Crippen MR) is 192 cm³/mol. The van der Waals surface area contributed by atoms with Gasteiger partial charge in [-0.1, -0.05) is 165 Å². The summed E-state index contributed by atoms with van der Waals surface area (Å²) in [6, 6.07) is 49.2. The van der Waals surface area contributed by atoms with E-state index in [1.807, 2.05) is 0 Å². The lowest BCUT2D eigenvalue weighted by molar-refractivity contribution is 1.41. The summed E-state index contributed by atoms with van der Waals surface area (Å²) in [4.78, 5) is 0. The van der Waals surface area contributed by atoms with Crippen LogP contribution in [0.15, 0.2) is 158 Å². The van der Waals surface area contributed by atoms with Gasteiger partial charge in [0.1, 0.15) is 0 Å². The normalized spacial score (nSPS) is 13.4. The van der Waals surface area contributed by atoms with Crippen LogP contribution in [0, 0.1) is 0 Å². The molecule has 0 atom stereocenters. The Labute approximate surface area is 258 Å². The van der Waals surface area contributed by atoms with Gasteiger partial charge in [-0.25, -0.2) is 0 Å². The average Bonchev–Trinajstić information content (AvgIpc) is 3.20. The predicted octanol–water partition coefficient (Wildman–Crippen LogP) is 12.5. The molecule has 7 aromatic rings. The van der Waals surface area contributed by atoms with Crippen LogP contribution in [0.1, 0.15) is 25.0 Å². The molecule has 0 amide bonds. The summed E-state index contributed by atoms with van der Waals surface area (Å²) in [6.45, 7) is 0. The van der Waals surface area contributed by atoms with Crippen LogP contribution >= 0.6 is 0 Å². The zero-order valence-electron chi connectivity index (χ0n) is 23.7. The Bertz CT molecular complexity index is 2270. The Morgan fingerprint density at radius 1 is 0.386 bits per heavy atom. The van der Waals surface area contributed by atoms with Gasteiger partial charge in [0.2, 0.25) is 0 Å². The van der Waals surface area contributed by atoms with Crippen molar-refractivity contribution in [1.29, 1.82) is 0 Å². The molecule has 0 heterocycles. The lowest BCUT2D eigenvalue weighted by atomic mass is 9.84. The van der Waals surface area contributed by atoms with E-state index in [1.54, 1.807) is 0 Å². The standard InChI is InChI=1S/C43H28.CH4/c1-3-12-28(13-4-1)29-22-24-30(25-23-29)41-34-16-7-9-18-36(34)43(37-19-10-8-17-35(37)41)40-27-26-39-32-15-6-2-5-14-31(32)33-20-11-21-38(40)42(33)39;/h1-5,7-27H,6H2;1H4. The molecular formula is C44H32. The number of hydrogen-bond donors (Lipinski definition) is 0. The quantitative estimate of drug-likeness (QED) is 0.189. The molecule has 0 saturated carbocycles. The molecule has 2 aliphatic rings. The Morgan fingerprint density at radius 2 is 0.932 bits per heavy atom. The van der Waals surface area contributed by atoms with Crippen molar-refractivity contribution < 1.29 is 0 Å². The fourth-order valence-electron chi connectivity index (χ4n) is 7.38. The molecule has 7 aromatic carbocycles. The number of rotatable bonds is 3. The van der Waals surface area contributed by atoms with Crippen molar-refractivity contribution in [3.8, 4) is 33.4 Å². The van der Waals surface area contributed by atoms with Crippen LogP contribution in [-0.4, -0.2) is 0 Å². The van der Waals surface area contributed by atoms with E-state index >= 15 is 0 Å². The number of allylic oxidation sites excluding steroid dienone is 6. The first-order valence-electron chi connectivity index (χ1n) is 15.1. The minimum Gasteiger partial charge on any atom is -0.0807 e. The van der Waals surface area contributed by atoms with E-state index in [0.717, 1.165) is 6.42 Å². The molecule has 0 saturated heterocycles. The number of hydrogen-bond acceptors (Lipinski definition) is 0. The molecule has 0 nitrogen and oxygen atoms in total. The second-order valence-electron chi connectivity index (χ2n) is 11.5. The molecule has 208 valence electrons. The SMILES string of the molecule is C.C1=CCC=C2C(=C1)c1cccc3c(-c4c5ccccc5c(-c5ccc(-c6ccccc6)cc5)c5ccccc45)ccc2c13. The zero-order valence-corrected chi connectivity index (χ0v) is 23.7. The highest BCUT2D eigenvalue weighted by Gasteiger charge is 2.26. The maximum absolute atomic E-state index is 2.38. The molecule has 0 unspecified atom stereocenters. The molecule has 0 fully saturated rings. The summed E-state index contributed by atoms with van der Waals surface area (Å²) in [5.41, 5.74) is 13.0. The van der Waals surface area contributed by atoms with Gasteiger partial charge in [0.05, 0.1) is 0 Å². The molecule has 0 bridgehead atoms. The van der Waals surface area contributed by atoms with Gasteiger partial charge in [0.25, 0.3) is 0 Å². The summed E-state index contributed by atoms with van der Waals surface area (Å²) in [5, 5.41) is 7.85. The van der Waals surface area contributed by atoms with E-state index in [2.05, 4.69) is 158 Å². The molecule has 44 heavy (non-hydrogen) atoms. The minimum absolute atomic E-state index is 0. The van der Waals surface area contributed by atoms with Crippen LogP contribution in [0.3, 0.4) is 0 Å². The molecule has 0 radical (unpaired) electrons. The van der Waals surface area contributed by atoms with Crippen molar-refractivity contribution in [3.05, 3.63) is 169 Å². The van der Waals surface area contributed by atoms with E-state index in [9.17, 15) is 0 Å². The van der Waals surface area contributed by atoms with Crippen LogP contribution < -0.4 is 0 Å². The van der Waals surface area contributed by atoms with Gasteiger partial charge in [-0.3, -0.25) is 0 Å². The van der Waals surface area contributed by atoms with Crippen LogP contribution in [0.25, 0.3) is 76.8 Å². The fraction of sp³-hybridized carbons (Fsp3) is 0.0455. The van der Waals surface area contributed by atoms with Crippen molar-refractivity contribution >= 4 is 43.5 Å². The second kappa shape index (κ2) is 10.4. The highest BCUT2D eigenvalue weighted by Crippen LogP contribution is 2.51. The van der Waals surface area contributed by atoms with E-state index in [0.29, 0.717) is 0 Å². The van der Waals surface area contributed by atoms with Crippen molar-refractivity contribution in [2.24, 2.45) is 0 Å². The Balaban J connectivity index is 0.00000289. The first-order valence-corrected chi connectivity index (χ1v) is 15.1. The highest BCUT2D eigenvalue weighted by molar-refractivity contribution is 6.28. The molecule has 2 aliphatic carbocycles. The van der Waals surface area contributed by atoms with Gasteiger partial charge in [0.15, 0.2) is 0 Å². The van der Waals surface area contributed by atoms with Gasteiger partial charge < -0.3 is 0 Å². The molecule has 9 rings (SSSR count). The topological polar surface area (TPSA) is 0 Å². The van der Waals surface area contributed by atoms with Gasteiger partial charge in [-0.2, -0.15) is 0 Å². The van der Waals surface area contributed by atoms with E-state index in [1.165, 1.54) is 88.0 Å². The summed E-state index contributed by atoms with van der Waals surface area (Å²) < 4.78 is 0. The van der Waals surface area contributed by atoms with E-state index in [-0.39, 0.29) is 7.43 Å². The summed E-state index contributed by atoms with van der Waals surface area (Å²) in [5.74, 6) is 0. The smallest absolute Gasteiger partial charge is 0.00201 e. The molecule has 0 aromatic heterocycles. The Hall–Kier alpha value is -5.46. The Kier molecular flexibility index (Phi) is 6.17. The van der Waals surface area contributed by atoms with Gasteiger partial charge in [0, 0.05) is 0 Å². The van der Waals surface area contributed by atoms with Crippen molar-refractivity contribution in [3.63, 3.8) is 0 Å². The lowest BCUT2D eigenvalue weighted by Crippen LogP contribution is -1.92. The third kappa shape index (κ3) is 3.85. The number of fused-ring (bicyclic) bond motifs is 5. The Morgan fingerprint density at radius 3 is 1.64 bits per heavy atom. The van der Waals surface area contributed by atoms with Crippen molar-refractivity contribution in [1.82, 2.24) is 0 Å². The molecule has 0 aliphatic heterocycles. The molecular weight excluding hydrogens is 528 g/mol. The van der Waals surface area contributed by atoms with Crippen molar-refractivity contribution in [2.75, 3.05) is 0 Å². The molecule has 0 N–H and O–H groups in total. The monoisotopic (exact) mass is 560 g/mol. The summed E-state index contributed by atoms with van der Waals surface area (Å²) in [6.07, 6.45) is 10.1. The van der Waals surface area contributed by atoms with Crippen molar-refractivity contribution in [2.45, 2.75) is 13.8 Å². The minimum atomic E-state index is 0.